The summed E-state index contributed by atoms with van der Waals surface area (Å²) in [6.45, 7) is 1.76. The summed E-state index contributed by atoms with van der Waals surface area (Å²) in [7, 11) is 5.92. The Balaban J connectivity index is 2.05. The van der Waals surface area contributed by atoms with Crippen LogP contribution < -0.4 is 15.5 Å². The molecular formula is C20H25N5O3S. The number of hydrogen-bond donors (Lipinski definition) is 2. The maximum atomic E-state index is 12.2. The Morgan fingerprint density at radius 2 is 1.79 bits per heavy atom. The van der Waals surface area contributed by atoms with Gasteiger partial charge in [0.2, 0.25) is 0 Å². The van der Waals surface area contributed by atoms with Crippen LogP contribution in [0.1, 0.15) is 15.9 Å². The van der Waals surface area contributed by atoms with Gasteiger partial charge in [0.05, 0.1) is 10.5 Å². The summed E-state index contributed by atoms with van der Waals surface area (Å²) in [4.78, 5) is 27.2. The maximum Gasteiger partial charge on any atom is 0.274 e. The fourth-order valence-electron chi connectivity index (χ4n) is 2.59. The summed E-state index contributed by atoms with van der Waals surface area (Å²) in [5.41, 5.74) is 1.83. The van der Waals surface area contributed by atoms with Gasteiger partial charge in [-0.25, -0.2) is 0 Å². The van der Waals surface area contributed by atoms with Crippen molar-refractivity contribution in [2.75, 3.05) is 39.1 Å². The molecule has 0 bridgehead atoms. The molecule has 1 amide bonds. The van der Waals surface area contributed by atoms with Crippen molar-refractivity contribution in [2.45, 2.75) is 6.54 Å². The number of nitro benzene ring substituents is 1. The Kier molecular flexibility index (Phi) is 8.05. The fourth-order valence-corrected chi connectivity index (χ4v) is 2.76. The van der Waals surface area contributed by atoms with Crippen molar-refractivity contribution in [1.29, 1.82) is 0 Å². The largest absolute Gasteiger partial charge is 0.373 e. The number of anilines is 1. The molecule has 29 heavy (non-hydrogen) atoms. The lowest BCUT2D eigenvalue weighted by atomic mass is 10.1. The highest BCUT2D eigenvalue weighted by atomic mass is 32.1. The third-order valence-corrected chi connectivity index (χ3v) is 4.53. The van der Waals surface area contributed by atoms with E-state index in [1.165, 1.54) is 6.07 Å². The van der Waals surface area contributed by atoms with E-state index in [4.69, 9.17) is 12.2 Å². The number of nitro groups is 1. The highest BCUT2D eigenvalue weighted by Gasteiger charge is 2.16. The topological polar surface area (TPSA) is 90.8 Å². The lowest BCUT2D eigenvalue weighted by Gasteiger charge is -2.22. The summed E-state index contributed by atoms with van der Waals surface area (Å²) in [5, 5.41) is 17.0. The van der Waals surface area contributed by atoms with Gasteiger partial charge in [-0.2, -0.15) is 0 Å². The van der Waals surface area contributed by atoms with E-state index >= 15 is 0 Å². The molecule has 8 nitrogen and oxygen atoms in total. The monoisotopic (exact) mass is 415 g/mol. The summed E-state index contributed by atoms with van der Waals surface area (Å²) in [6, 6.07) is 13.7. The molecule has 2 aromatic rings. The summed E-state index contributed by atoms with van der Waals surface area (Å²) >= 11 is 5.16. The first-order valence-corrected chi connectivity index (χ1v) is 9.46. The first-order valence-electron chi connectivity index (χ1n) is 9.05. The number of carbonyl (C=O) groups excluding carboxylic acids is 1. The molecule has 0 aliphatic rings. The van der Waals surface area contributed by atoms with Crippen LogP contribution in [0.2, 0.25) is 0 Å². The average Bonchev–Trinajstić information content (AvgIpc) is 2.70. The second-order valence-corrected chi connectivity index (χ2v) is 7.21. The first kappa shape index (κ1) is 22.3. The van der Waals surface area contributed by atoms with Gasteiger partial charge in [0.1, 0.15) is 0 Å². The van der Waals surface area contributed by atoms with Gasteiger partial charge >= 0.3 is 0 Å². The van der Waals surface area contributed by atoms with Crippen LogP contribution in [0.15, 0.2) is 48.5 Å². The Bertz CT molecular complexity index is 874. The molecular weight excluding hydrogens is 390 g/mol. The normalized spacial score (nSPS) is 10.5. The van der Waals surface area contributed by atoms with Gasteiger partial charge in [0, 0.05) is 44.0 Å². The molecule has 0 aliphatic heterocycles. The Morgan fingerprint density at radius 1 is 1.10 bits per heavy atom. The molecule has 0 saturated heterocycles. The van der Waals surface area contributed by atoms with Crippen LogP contribution in [0.3, 0.4) is 0 Å². The van der Waals surface area contributed by atoms with Crippen LogP contribution >= 0.6 is 12.2 Å². The number of carbonyl (C=O) groups is 1. The zero-order valence-electron chi connectivity index (χ0n) is 16.7. The van der Waals surface area contributed by atoms with Crippen molar-refractivity contribution in [3.05, 3.63) is 69.8 Å². The molecule has 9 heteroatoms. The molecule has 0 radical (unpaired) electrons. The lowest BCUT2D eigenvalue weighted by molar-refractivity contribution is -0.385. The molecule has 0 spiro atoms. The standard InChI is InChI=1S/C20H25N5O3S/c1-23(2)11-12-24(3)17-9-10-18(25(27)28)16(13-17)14-21-20(29)22-19(26)15-7-5-4-6-8-15/h4-10,13H,11-12,14H2,1-3H3,(H2,21,22,26,29). The van der Waals surface area contributed by atoms with Crippen molar-refractivity contribution < 1.29 is 9.72 Å². The van der Waals surface area contributed by atoms with E-state index in [1.54, 1.807) is 36.4 Å². The summed E-state index contributed by atoms with van der Waals surface area (Å²) in [6.07, 6.45) is 0. The van der Waals surface area contributed by atoms with Crippen molar-refractivity contribution in [2.24, 2.45) is 0 Å². The molecule has 2 N–H and O–H groups in total. The SMILES string of the molecule is CN(C)CCN(C)c1ccc([N+](=O)[O-])c(CNC(=S)NC(=O)c2ccccc2)c1. The van der Waals surface area contributed by atoms with E-state index in [-0.39, 0.29) is 23.3 Å². The third kappa shape index (κ3) is 6.81. The van der Waals surface area contributed by atoms with Crippen molar-refractivity contribution >= 4 is 34.6 Å². The fraction of sp³-hybridized carbons (Fsp3) is 0.300. The van der Waals surface area contributed by atoms with Crippen LogP contribution in [0, 0.1) is 10.1 Å². The highest BCUT2D eigenvalue weighted by Crippen LogP contribution is 2.24. The minimum atomic E-state index is -0.424. The van der Waals surface area contributed by atoms with Gasteiger partial charge < -0.3 is 15.1 Å². The number of nitrogens with zero attached hydrogens (tertiary/aromatic N) is 3. The molecule has 2 aromatic carbocycles. The van der Waals surface area contributed by atoms with E-state index in [1.807, 2.05) is 32.1 Å². The number of hydrogen-bond acceptors (Lipinski definition) is 6. The highest BCUT2D eigenvalue weighted by molar-refractivity contribution is 7.80. The number of rotatable bonds is 8. The van der Waals surface area contributed by atoms with Crippen molar-refractivity contribution in [3.8, 4) is 0 Å². The van der Waals surface area contributed by atoms with Crippen LogP contribution in [0.25, 0.3) is 0 Å². The predicted molar refractivity (Wildman–Crippen MR) is 118 cm³/mol. The molecule has 0 saturated carbocycles. The quantitative estimate of drug-likeness (QED) is 0.389. The lowest BCUT2D eigenvalue weighted by Crippen LogP contribution is -2.39. The van der Waals surface area contributed by atoms with E-state index in [9.17, 15) is 14.9 Å². The molecule has 154 valence electrons. The molecule has 0 heterocycles. The smallest absolute Gasteiger partial charge is 0.274 e. The van der Waals surface area contributed by atoms with Gasteiger partial charge in [-0.3, -0.25) is 20.2 Å². The molecule has 0 atom stereocenters. The second-order valence-electron chi connectivity index (χ2n) is 6.80. The second kappa shape index (κ2) is 10.5. The predicted octanol–water partition coefficient (Wildman–Crippen LogP) is 2.40. The van der Waals surface area contributed by atoms with Crippen LogP contribution in [0.5, 0.6) is 0 Å². The summed E-state index contributed by atoms with van der Waals surface area (Å²) < 4.78 is 0. The van der Waals surface area contributed by atoms with Gasteiger partial charge in [0.25, 0.3) is 11.6 Å². The minimum Gasteiger partial charge on any atom is -0.373 e. The molecule has 0 unspecified atom stereocenters. The van der Waals surface area contributed by atoms with Crippen molar-refractivity contribution in [3.63, 3.8) is 0 Å². The van der Waals surface area contributed by atoms with E-state index in [0.717, 1.165) is 18.8 Å². The number of amides is 1. The summed E-state index contributed by atoms with van der Waals surface area (Å²) in [5.74, 6) is -0.338. The van der Waals surface area contributed by atoms with Crippen LogP contribution in [0.4, 0.5) is 11.4 Å². The molecule has 0 aliphatic carbocycles. The van der Waals surface area contributed by atoms with Gasteiger partial charge in [0.15, 0.2) is 5.11 Å². The maximum absolute atomic E-state index is 12.2. The number of benzene rings is 2. The van der Waals surface area contributed by atoms with E-state index < -0.39 is 4.92 Å². The minimum absolute atomic E-state index is 0.000513. The van der Waals surface area contributed by atoms with Gasteiger partial charge in [-0.1, -0.05) is 18.2 Å². The zero-order valence-corrected chi connectivity index (χ0v) is 17.5. The van der Waals surface area contributed by atoms with Crippen LogP contribution in [-0.2, 0) is 6.54 Å². The molecule has 0 aromatic heterocycles. The van der Waals surface area contributed by atoms with E-state index in [0.29, 0.717) is 11.1 Å². The van der Waals surface area contributed by atoms with Gasteiger partial charge in [-0.05, 0) is 50.6 Å². The Hall–Kier alpha value is -3.04. The number of likely N-dealkylation sites (N-methyl/N-ethyl adjacent to an activating group) is 2. The van der Waals surface area contributed by atoms with Gasteiger partial charge in [-0.15, -0.1) is 0 Å². The first-order chi connectivity index (χ1) is 13.8. The Labute approximate surface area is 175 Å². The van der Waals surface area contributed by atoms with Crippen LogP contribution in [-0.4, -0.2) is 55.1 Å². The van der Waals surface area contributed by atoms with E-state index in [2.05, 4.69) is 15.5 Å². The zero-order chi connectivity index (χ0) is 21.4. The molecule has 2 rings (SSSR count). The average molecular weight is 416 g/mol. The van der Waals surface area contributed by atoms with Crippen molar-refractivity contribution in [1.82, 2.24) is 15.5 Å². The molecule has 0 fully saturated rings. The Morgan fingerprint density at radius 3 is 2.41 bits per heavy atom. The number of nitrogens with one attached hydrogen (secondary N) is 2. The number of thiocarbonyl (C=S) groups is 1. The third-order valence-electron chi connectivity index (χ3n) is 4.29.